The highest BCUT2D eigenvalue weighted by Crippen LogP contribution is 2.35. The normalized spacial score (nSPS) is 14.4. The van der Waals surface area contributed by atoms with Gasteiger partial charge in [-0.25, -0.2) is 0 Å². The predicted molar refractivity (Wildman–Crippen MR) is 87.4 cm³/mol. The third kappa shape index (κ3) is 3.72. The standard InChI is InChI=1S/C16H28NO2P/c1-15(2,3)12-8-11(10-17)14(20(18)19-7)13(9-12)16(4,5)6/h8-9,20H,10,17H2,1-7H3. The molecule has 2 N–H and O–H groups in total. The van der Waals surface area contributed by atoms with Crippen LogP contribution in [0.2, 0.25) is 0 Å². The summed E-state index contributed by atoms with van der Waals surface area (Å²) in [5.74, 6) is 0. The van der Waals surface area contributed by atoms with Crippen molar-refractivity contribution in [3.8, 4) is 0 Å². The van der Waals surface area contributed by atoms with Gasteiger partial charge in [-0.1, -0.05) is 53.7 Å². The molecule has 0 saturated heterocycles. The smallest absolute Gasteiger partial charge is 0.221 e. The van der Waals surface area contributed by atoms with E-state index in [4.69, 9.17) is 10.3 Å². The topological polar surface area (TPSA) is 52.3 Å². The molecule has 0 radical (unpaired) electrons. The van der Waals surface area contributed by atoms with Crippen molar-refractivity contribution in [3.05, 3.63) is 28.8 Å². The number of rotatable bonds is 3. The lowest BCUT2D eigenvalue weighted by Gasteiger charge is -2.29. The Bertz CT molecular complexity index is 510. The van der Waals surface area contributed by atoms with Crippen LogP contribution in [0.15, 0.2) is 12.1 Å². The van der Waals surface area contributed by atoms with Crippen LogP contribution >= 0.6 is 8.03 Å². The fraction of sp³-hybridized carbons (Fsp3) is 0.625. The molecule has 0 amide bonds. The first kappa shape index (κ1) is 17.4. The highest BCUT2D eigenvalue weighted by molar-refractivity contribution is 7.48. The van der Waals surface area contributed by atoms with Gasteiger partial charge in [0, 0.05) is 19.0 Å². The molecule has 4 heteroatoms. The van der Waals surface area contributed by atoms with E-state index >= 15 is 0 Å². The maximum Gasteiger partial charge on any atom is 0.221 e. The molecule has 114 valence electrons. The minimum atomic E-state index is -2.25. The minimum absolute atomic E-state index is 0.0330. The van der Waals surface area contributed by atoms with Gasteiger partial charge in [0.25, 0.3) is 0 Å². The predicted octanol–water partition coefficient (Wildman–Crippen LogP) is 3.49. The zero-order chi connectivity index (χ0) is 15.7. The zero-order valence-corrected chi connectivity index (χ0v) is 14.8. The molecule has 0 spiro atoms. The number of nitrogens with two attached hydrogens (primary N) is 1. The zero-order valence-electron chi connectivity index (χ0n) is 13.8. The molecule has 0 fully saturated rings. The van der Waals surface area contributed by atoms with E-state index in [-0.39, 0.29) is 10.8 Å². The maximum absolute atomic E-state index is 12.3. The molecule has 1 aromatic carbocycles. The second kappa shape index (κ2) is 6.01. The first-order valence-electron chi connectivity index (χ1n) is 6.98. The van der Waals surface area contributed by atoms with E-state index in [0.717, 1.165) is 16.4 Å². The highest BCUT2D eigenvalue weighted by atomic mass is 31.1. The first-order valence-corrected chi connectivity index (χ1v) is 8.30. The molecular formula is C16H28NO2P. The van der Waals surface area contributed by atoms with Crippen molar-refractivity contribution in [3.63, 3.8) is 0 Å². The van der Waals surface area contributed by atoms with Crippen LogP contribution in [-0.4, -0.2) is 7.11 Å². The van der Waals surface area contributed by atoms with Gasteiger partial charge in [-0.2, -0.15) is 0 Å². The van der Waals surface area contributed by atoms with Crippen molar-refractivity contribution in [1.82, 2.24) is 0 Å². The summed E-state index contributed by atoms with van der Waals surface area (Å²) in [7, 11) is -0.760. The van der Waals surface area contributed by atoms with Gasteiger partial charge in [0.2, 0.25) is 8.03 Å². The Hall–Kier alpha value is -0.630. The summed E-state index contributed by atoms with van der Waals surface area (Å²) in [5.41, 5.74) is 9.06. The first-order chi connectivity index (χ1) is 9.02. The second-order valence-electron chi connectivity index (χ2n) is 7.25. The molecule has 0 aliphatic heterocycles. The fourth-order valence-corrected chi connectivity index (χ4v) is 3.54. The molecule has 0 bridgehead atoms. The maximum atomic E-state index is 12.3. The van der Waals surface area contributed by atoms with E-state index in [9.17, 15) is 4.57 Å². The Morgan fingerprint density at radius 2 is 1.65 bits per heavy atom. The molecule has 1 atom stereocenters. The molecule has 1 unspecified atom stereocenters. The molecule has 0 heterocycles. The van der Waals surface area contributed by atoms with Crippen molar-refractivity contribution in [1.29, 1.82) is 0 Å². The Balaban J connectivity index is 3.70. The van der Waals surface area contributed by atoms with E-state index in [1.807, 2.05) is 0 Å². The molecule has 3 nitrogen and oxygen atoms in total. The molecule has 20 heavy (non-hydrogen) atoms. The van der Waals surface area contributed by atoms with Crippen LogP contribution in [0.5, 0.6) is 0 Å². The van der Waals surface area contributed by atoms with Crippen LogP contribution < -0.4 is 11.0 Å². The quantitative estimate of drug-likeness (QED) is 0.869. The van der Waals surface area contributed by atoms with Crippen LogP contribution in [0.3, 0.4) is 0 Å². The SMILES string of the molecule is CO[PH](=O)c1c(CN)cc(C(C)(C)C)cc1C(C)(C)C. The number of benzene rings is 1. The summed E-state index contributed by atoms with van der Waals surface area (Å²) < 4.78 is 17.5. The fourth-order valence-electron chi connectivity index (χ4n) is 2.23. The molecule has 1 rings (SSSR count). The minimum Gasteiger partial charge on any atom is -0.331 e. The van der Waals surface area contributed by atoms with Crippen LogP contribution in [0.4, 0.5) is 0 Å². The molecule has 0 aliphatic carbocycles. The van der Waals surface area contributed by atoms with E-state index < -0.39 is 8.03 Å². The van der Waals surface area contributed by atoms with Crippen molar-refractivity contribution in [2.75, 3.05) is 7.11 Å². The van der Waals surface area contributed by atoms with Gasteiger partial charge in [-0.05, 0) is 27.5 Å². The van der Waals surface area contributed by atoms with Crippen LogP contribution in [0.25, 0.3) is 0 Å². The molecule has 0 saturated carbocycles. The van der Waals surface area contributed by atoms with Gasteiger partial charge in [0.05, 0.1) is 0 Å². The highest BCUT2D eigenvalue weighted by Gasteiger charge is 2.26. The lowest BCUT2D eigenvalue weighted by atomic mass is 9.79. The Morgan fingerprint density at radius 1 is 1.10 bits per heavy atom. The van der Waals surface area contributed by atoms with Crippen LogP contribution in [-0.2, 0) is 26.5 Å². The van der Waals surface area contributed by atoms with Crippen LogP contribution in [0, 0.1) is 0 Å². The third-order valence-electron chi connectivity index (χ3n) is 3.50. The average Bonchev–Trinajstić information content (AvgIpc) is 2.33. The lowest BCUT2D eigenvalue weighted by molar-refractivity contribution is 0.422. The third-order valence-corrected chi connectivity index (χ3v) is 4.87. The monoisotopic (exact) mass is 297 g/mol. The van der Waals surface area contributed by atoms with Crippen molar-refractivity contribution in [2.24, 2.45) is 5.73 Å². The molecule has 1 aromatic rings. The second-order valence-corrected chi connectivity index (χ2v) is 8.74. The van der Waals surface area contributed by atoms with Gasteiger partial charge < -0.3 is 10.3 Å². The average molecular weight is 297 g/mol. The van der Waals surface area contributed by atoms with Gasteiger partial charge in [0.15, 0.2) is 0 Å². The molecule has 0 aliphatic rings. The van der Waals surface area contributed by atoms with Crippen molar-refractivity contribution in [2.45, 2.75) is 58.9 Å². The van der Waals surface area contributed by atoms with Crippen LogP contribution in [0.1, 0.15) is 58.2 Å². The summed E-state index contributed by atoms with van der Waals surface area (Å²) in [4.78, 5) is 0. The van der Waals surface area contributed by atoms with Gasteiger partial charge in [-0.15, -0.1) is 0 Å². The summed E-state index contributed by atoms with van der Waals surface area (Å²) in [6.07, 6.45) is 0. The van der Waals surface area contributed by atoms with Crippen molar-refractivity contribution >= 4 is 13.3 Å². The number of hydrogen-bond acceptors (Lipinski definition) is 3. The van der Waals surface area contributed by atoms with Gasteiger partial charge in [0.1, 0.15) is 0 Å². The molecule has 0 aromatic heterocycles. The van der Waals surface area contributed by atoms with E-state index in [2.05, 4.69) is 53.7 Å². The largest absolute Gasteiger partial charge is 0.331 e. The van der Waals surface area contributed by atoms with E-state index in [1.54, 1.807) is 0 Å². The lowest BCUT2D eigenvalue weighted by Crippen LogP contribution is -2.27. The van der Waals surface area contributed by atoms with E-state index in [1.165, 1.54) is 12.7 Å². The Kier molecular flexibility index (Phi) is 5.23. The molecular weight excluding hydrogens is 269 g/mol. The number of hydrogen-bond donors (Lipinski definition) is 1. The van der Waals surface area contributed by atoms with Gasteiger partial charge >= 0.3 is 0 Å². The summed E-state index contributed by atoms with van der Waals surface area (Å²) in [6, 6.07) is 4.24. The van der Waals surface area contributed by atoms with E-state index in [0.29, 0.717) is 6.54 Å². The Morgan fingerprint density at radius 3 is 2.00 bits per heavy atom. The Labute approximate surface area is 123 Å². The van der Waals surface area contributed by atoms with Gasteiger partial charge in [-0.3, -0.25) is 4.57 Å². The summed E-state index contributed by atoms with van der Waals surface area (Å²) >= 11 is 0. The summed E-state index contributed by atoms with van der Waals surface area (Å²) in [6.45, 7) is 13.3. The van der Waals surface area contributed by atoms with Crippen molar-refractivity contribution < 1.29 is 9.09 Å². The summed E-state index contributed by atoms with van der Waals surface area (Å²) in [5, 5.41) is 0.806.